The molecule has 0 spiro atoms. The third-order valence-corrected chi connectivity index (χ3v) is 5.16. The van der Waals surface area contributed by atoms with Crippen molar-refractivity contribution in [1.29, 1.82) is 0 Å². The highest BCUT2D eigenvalue weighted by Gasteiger charge is 2.43. The summed E-state index contributed by atoms with van der Waals surface area (Å²) in [6.07, 6.45) is 0. The Morgan fingerprint density at radius 1 is 1.12 bits per heavy atom. The maximum absolute atomic E-state index is 11.0. The van der Waals surface area contributed by atoms with Gasteiger partial charge in [-0.25, -0.2) is 0 Å². The fourth-order valence-electron chi connectivity index (χ4n) is 1.14. The summed E-state index contributed by atoms with van der Waals surface area (Å²) < 4.78 is 22.0. The van der Waals surface area contributed by atoms with Crippen LogP contribution in [0.2, 0.25) is 0 Å². The van der Waals surface area contributed by atoms with Crippen molar-refractivity contribution in [2.45, 2.75) is 5.52 Å². The van der Waals surface area contributed by atoms with Gasteiger partial charge in [0.1, 0.15) is 0 Å². The predicted molar refractivity (Wildman–Crippen MR) is 62.4 cm³/mol. The summed E-state index contributed by atoms with van der Waals surface area (Å²) in [7, 11) is -9.99. The number of nitrogens with two attached hydrogens (primary N) is 1. The van der Waals surface area contributed by atoms with E-state index in [9.17, 15) is 9.13 Å². The summed E-state index contributed by atoms with van der Waals surface area (Å²) in [5, 5.41) is 2.09. The van der Waals surface area contributed by atoms with Gasteiger partial charge < -0.3 is 30.6 Å². The molecule has 0 aromatic heterocycles. The first-order chi connectivity index (χ1) is 7.60. The molecule has 0 atom stereocenters. The minimum atomic E-state index is -4.99. The molecule has 10 heteroatoms. The Morgan fingerprint density at radius 3 is 2.06 bits per heavy atom. The highest BCUT2D eigenvalue weighted by atomic mass is 31.2. The molecular weight excluding hydrogens is 270 g/mol. The molecule has 1 aromatic carbocycles. The van der Waals surface area contributed by atoms with Crippen LogP contribution in [0.25, 0.3) is 0 Å². The van der Waals surface area contributed by atoms with E-state index < -0.39 is 20.7 Å². The number of hydrogen-bond acceptors (Lipinski definition) is 4. The van der Waals surface area contributed by atoms with Gasteiger partial charge in [0.2, 0.25) is 5.52 Å². The van der Waals surface area contributed by atoms with Crippen molar-refractivity contribution in [2.75, 3.05) is 11.1 Å². The Hall–Kier alpha value is -0.880. The molecule has 0 radical (unpaired) electrons. The van der Waals surface area contributed by atoms with E-state index in [4.69, 9.17) is 25.3 Å². The molecular formula is C7H12N2O6P2. The highest BCUT2D eigenvalue weighted by molar-refractivity contribution is 7.71. The first-order valence-electron chi connectivity index (χ1n) is 4.33. The molecule has 0 saturated carbocycles. The monoisotopic (exact) mass is 282 g/mol. The number of nitrogens with one attached hydrogen (secondary N) is 1. The number of anilines is 2. The zero-order valence-electron chi connectivity index (χ0n) is 8.46. The summed E-state index contributed by atoms with van der Waals surface area (Å²) in [5.41, 5.74) is 3.55. The second kappa shape index (κ2) is 4.78. The lowest BCUT2D eigenvalue weighted by molar-refractivity contribution is 0.343. The topological polar surface area (TPSA) is 153 Å². The van der Waals surface area contributed by atoms with Crippen LogP contribution in [-0.2, 0) is 9.13 Å². The first-order valence-corrected chi connectivity index (χ1v) is 7.69. The van der Waals surface area contributed by atoms with Crippen LogP contribution < -0.4 is 11.1 Å². The van der Waals surface area contributed by atoms with E-state index in [1.54, 1.807) is 0 Å². The molecule has 7 N–H and O–H groups in total. The first kappa shape index (κ1) is 14.2. The van der Waals surface area contributed by atoms with Gasteiger partial charge in [-0.3, -0.25) is 9.13 Å². The lowest BCUT2D eigenvalue weighted by Gasteiger charge is -2.21. The maximum atomic E-state index is 11.0. The van der Waals surface area contributed by atoms with Crippen molar-refractivity contribution in [3.63, 3.8) is 0 Å². The van der Waals surface area contributed by atoms with Crippen molar-refractivity contribution in [2.24, 2.45) is 0 Å². The van der Waals surface area contributed by atoms with E-state index in [2.05, 4.69) is 5.32 Å². The van der Waals surface area contributed by atoms with E-state index in [1.807, 2.05) is 0 Å². The second-order valence-corrected chi connectivity index (χ2v) is 7.12. The molecule has 0 fully saturated rings. The molecule has 1 aromatic rings. The minimum absolute atomic E-state index is 0.113. The highest BCUT2D eigenvalue weighted by Crippen LogP contribution is 2.59. The average molecular weight is 282 g/mol. The zero-order valence-corrected chi connectivity index (χ0v) is 10.3. The number of rotatable bonds is 4. The number of nitrogen functional groups attached to an aromatic ring is 1. The molecule has 0 aliphatic carbocycles. The predicted octanol–water partition coefficient (Wildman–Crippen LogP) is 0.320. The standard InChI is InChI=1S/C7H12N2O6P2/c8-5-2-1-3-6(4-5)9-7(16(10,11)12)17(13,14)15/h1-4,7,9H,8H2,(H2,10,11,12)(H2,13,14,15). The van der Waals surface area contributed by atoms with Gasteiger partial charge in [0.25, 0.3) is 0 Å². The van der Waals surface area contributed by atoms with Crippen molar-refractivity contribution in [1.82, 2.24) is 0 Å². The third kappa shape index (κ3) is 4.12. The molecule has 17 heavy (non-hydrogen) atoms. The van der Waals surface area contributed by atoms with E-state index in [1.165, 1.54) is 24.3 Å². The molecule has 1 rings (SSSR count). The molecule has 0 aliphatic heterocycles. The van der Waals surface area contributed by atoms with Crippen LogP contribution in [0.4, 0.5) is 11.4 Å². The van der Waals surface area contributed by atoms with Gasteiger partial charge in [-0.1, -0.05) is 6.07 Å². The van der Waals surface area contributed by atoms with E-state index in [0.717, 1.165) is 0 Å². The van der Waals surface area contributed by atoms with Crippen LogP contribution in [0.15, 0.2) is 24.3 Å². The van der Waals surface area contributed by atoms with Gasteiger partial charge >= 0.3 is 15.2 Å². The maximum Gasteiger partial charge on any atom is 0.360 e. The summed E-state index contributed by atoms with van der Waals surface area (Å²) in [4.78, 5) is 35.5. The van der Waals surface area contributed by atoms with Gasteiger partial charge in [0.05, 0.1) is 0 Å². The van der Waals surface area contributed by atoms with Crippen LogP contribution in [0.5, 0.6) is 0 Å². The number of hydrogen-bond donors (Lipinski definition) is 6. The van der Waals surface area contributed by atoms with Crippen molar-refractivity contribution >= 4 is 26.6 Å². The Morgan fingerprint density at radius 2 is 1.65 bits per heavy atom. The fourth-order valence-corrected chi connectivity index (χ4v) is 3.34. The molecule has 0 aliphatic rings. The lowest BCUT2D eigenvalue weighted by Crippen LogP contribution is -2.19. The Bertz CT molecular complexity index is 473. The Labute approximate surface area is 96.8 Å². The summed E-state index contributed by atoms with van der Waals surface area (Å²) in [6, 6.07) is 5.69. The summed E-state index contributed by atoms with van der Waals surface area (Å²) in [5.74, 6) is 0. The smallest absolute Gasteiger partial charge is 0.360 e. The molecule has 0 saturated heterocycles. The Balaban J connectivity index is 3.04. The number of benzene rings is 1. The van der Waals surface area contributed by atoms with Gasteiger partial charge in [-0.15, -0.1) is 0 Å². The van der Waals surface area contributed by atoms with Gasteiger partial charge in [-0.2, -0.15) is 0 Å². The van der Waals surface area contributed by atoms with E-state index in [-0.39, 0.29) is 5.69 Å². The SMILES string of the molecule is Nc1cccc(NC(P(=O)(O)O)P(=O)(O)O)c1. The molecule has 0 amide bonds. The zero-order chi connectivity index (χ0) is 13.3. The van der Waals surface area contributed by atoms with Gasteiger partial charge in [0, 0.05) is 11.4 Å². The van der Waals surface area contributed by atoms with Crippen molar-refractivity contribution < 1.29 is 28.7 Å². The molecule has 96 valence electrons. The Kier molecular flexibility index (Phi) is 3.99. The second-order valence-electron chi connectivity index (χ2n) is 3.32. The van der Waals surface area contributed by atoms with Crippen LogP contribution >= 0.6 is 15.2 Å². The molecule has 0 unspecified atom stereocenters. The van der Waals surface area contributed by atoms with Gasteiger partial charge in [0.15, 0.2) is 0 Å². The normalized spacial score (nSPS) is 12.8. The quantitative estimate of drug-likeness (QED) is 0.341. The largest absolute Gasteiger partial charge is 0.399 e. The van der Waals surface area contributed by atoms with Crippen molar-refractivity contribution in [3.05, 3.63) is 24.3 Å². The van der Waals surface area contributed by atoms with E-state index >= 15 is 0 Å². The van der Waals surface area contributed by atoms with Crippen LogP contribution in [0.1, 0.15) is 0 Å². The minimum Gasteiger partial charge on any atom is -0.399 e. The van der Waals surface area contributed by atoms with Crippen LogP contribution in [0.3, 0.4) is 0 Å². The van der Waals surface area contributed by atoms with E-state index in [0.29, 0.717) is 5.69 Å². The van der Waals surface area contributed by atoms with Crippen molar-refractivity contribution in [3.8, 4) is 0 Å². The van der Waals surface area contributed by atoms with Crippen LogP contribution in [0, 0.1) is 0 Å². The average Bonchev–Trinajstić information content (AvgIpc) is 2.10. The molecule has 8 nitrogen and oxygen atoms in total. The summed E-state index contributed by atoms with van der Waals surface area (Å²) >= 11 is 0. The lowest BCUT2D eigenvalue weighted by atomic mass is 10.3. The summed E-state index contributed by atoms with van der Waals surface area (Å²) in [6.45, 7) is 0. The molecule has 0 bridgehead atoms. The fraction of sp³-hybridized carbons (Fsp3) is 0.143. The third-order valence-electron chi connectivity index (χ3n) is 1.82. The van der Waals surface area contributed by atoms with Crippen LogP contribution in [-0.4, -0.2) is 25.1 Å². The van der Waals surface area contributed by atoms with Gasteiger partial charge in [-0.05, 0) is 18.2 Å². The molecule has 0 heterocycles.